The molecule has 0 spiro atoms. The number of fused-ring (bicyclic) bond motifs is 5. The van der Waals surface area contributed by atoms with Gasteiger partial charge in [0.25, 0.3) is 0 Å². The van der Waals surface area contributed by atoms with Crippen molar-refractivity contribution in [2.75, 3.05) is 0 Å². The lowest BCUT2D eigenvalue weighted by Crippen LogP contribution is -2.73. The number of nitrogens with zero attached hydrogens (tertiary/aromatic N) is 3. The molecule has 0 saturated heterocycles. The molecule has 11 rings (SSSR count). The molecule has 0 radical (unpaired) electrons. The number of rotatable bonds is 6. The Hall–Kier alpha value is -7.27. The minimum atomic E-state index is -2.89. The molecule has 1 aromatic heterocycles. The van der Waals surface area contributed by atoms with Crippen molar-refractivity contribution in [2.24, 2.45) is 0 Å². The van der Waals surface area contributed by atoms with Crippen molar-refractivity contribution >= 4 is 50.4 Å². The second-order valence-corrected chi connectivity index (χ2v) is 18.4. The second-order valence-electron chi connectivity index (χ2n) is 14.7. The molecular weight excluding hydrogens is 707 g/mol. The summed E-state index contributed by atoms with van der Waals surface area (Å²) in [6, 6.07) is 77.0. The van der Waals surface area contributed by atoms with Crippen molar-refractivity contribution in [3.63, 3.8) is 0 Å². The molecule has 266 valence electrons. The van der Waals surface area contributed by atoms with E-state index in [2.05, 4.69) is 152 Å². The lowest BCUT2D eigenvalue weighted by molar-refractivity contribution is 1.07. The molecule has 2 heterocycles. The molecule has 4 heteroatoms. The Kier molecular flexibility index (Phi) is 7.83. The van der Waals surface area contributed by atoms with Gasteiger partial charge in [-0.15, -0.1) is 0 Å². The van der Waals surface area contributed by atoms with Gasteiger partial charge in [-0.25, -0.2) is 15.0 Å². The van der Waals surface area contributed by atoms with Gasteiger partial charge in [0.1, 0.15) is 0 Å². The molecule has 0 N–H and O–H groups in total. The largest absolute Gasteiger partial charge is 0.208 e. The first-order chi connectivity index (χ1) is 28.3. The highest BCUT2D eigenvalue weighted by Crippen LogP contribution is 2.35. The van der Waals surface area contributed by atoms with Crippen LogP contribution in [0.15, 0.2) is 212 Å². The molecule has 3 nitrogen and oxygen atoms in total. The lowest BCUT2D eigenvalue weighted by Gasteiger charge is -2.33. The summed E-state index contributed by atoms with van der Waals surface area (Å²) in [5, 5.41) is 10.9. The molecule has 1 aliphatic rings. The number of hydrogen-bond donors (Lipinski definition) is 0. The van der Waals surface area contributed by atoms with E-state index in [0.717, 1.165) is 22.3 Å². The van der Waals surface area contributed by atoms with Crippen LogP contribution in [0, 0.1) is 0 Å². The third-order valence-corrected chi connectivity index (χ3v) is 16.6. The van der Waals surface area contributed by atoms with Crippen molar-refractivity contribution in [2.45, 2.75) is 0 Å². The first-order valence-electron chi connectivity index (χ1n) is 19.4. The predicted molar refractivity (Wildman–Crippen MR) is 239 cm³/mol. The smallest absolute Gasteiger partial charge is 0.182 e. The zero-order valence-electron chi connectivity index (χ0n) is 31.0. The Bertz CT molecular complexity index is 2980. The van der Waals surface area contributed by atoms with Crippen LogP contribution in [0.4, 0.5) is 0 Å². The van der Waals surface area contributed by atoms with Crippen LogP contribution in [-0.2, 0) is 0 Å². The minimum Gasteiger partial charge on any atom is -0.208 e. The van der Waals surface area contributed by atoms with Gasteiger partial charge in [0, 0.05) is 16.7 Å². The SMILES string of the molecule is c1ccc(-c2nc(-c3ccccc3)nc(-c3ccc(-c4ccc5c(c4)[Si](c4cccc6ccccc46)(c4cccc6ccccc46)c4ccccc4-5)cc3)n2)cc1. The molecule has 0 aliphatic carbocycles. The Morgan fingerprint density at radius 2 is 0.667 bits per heavy atom. The van der Waals surface area contributed by atoms with E-state index in [1.165, 1.54) is 59.0 Å². The molecule has 1 aliphatic heterocycles. The van der Waals surface area contributed by atoms with Crippen molar-refractivity contribution in [3.8, 4) is 56.4 Å². The van der Waals surface area contributed by atoms with Gasteiger partial charge in [-0.3, -0.25) is 0 Å². The van der Waals surface area contributed by atoms with Crippen LogP contribution in [0.3, 0.4) is 0 Å². The molecule has 57 heavy (non-hydrogen) atoms. The molecule has 0 amide bonds. The summed E-state index contributed by atoms with van der Waals surface area (Å²) in [5.41, 5.74) is 7.86. The van der Waals surface area contributed by atoms with Crippen molar-refractivity contribution in [1.29, 1.82) is 0 Å². The standard InChI is InChI=1S/C53H35N3Si/c1-3-17-39(18-4-1)51-54-52(40-19-5-2-6-20-40)56-53(55-51)41-31-29-36(30-32-41)42-33-34-46-45-25-11-12-26-49(45)57(50(46)35-42,47-27-13-21-37-15-7-9-23-43(37)47)48-28-14-22-38-16-8-10-24-44(38)48/h1-35H. The fourth-order valence-corrected chi connectivity index (χ4v) is 14.7. The number of hydrogen-bond acceptors (Lipinski definition) is 3. The Labute approximate surface area is 332 Å². The summed E-state index contributed by atoms with van der Waals surface area (Å²) in [6.45, 7) is 0. The Morgan fingerprint density at radius 3 is 1.25 bits per heavy atom. The summed E-state index contributed by atoms with van der Waals surface area (Å²) >= 11 is 0. The molecule has 0 fully saturated rings. The normalized spacial score (nSPS) is 12.7. The third kappa shape index (κ3) is 5.37. The van der Waals surface area contributed by atoms with E-state index in [4.69, 9.17) is 15.0 Å². The highest BCUT2D eigenvalue weighted by atomic mass is 28.3. The Morgan fingerprint density at radius 1 is 0.263 bits per heavy atom. The molecule has 0 unspecified atom stereocenters. The summed E-state index contributed by atoms with van der Waals surface area (Å²) in [4.78, 5) is 14.9. The van der Waals surface area contributed by atoms with E-state index in [1.807, 2.05) is 60.7 Å². The predicted octanol–water partition coefficient (Wildman–Crippen LogP) is 10.2. The number of aromatic nitrogens is 3. The summed E-state index contributed by atoms with van der Waals surface area (Å²) in [7, 11) is -2.89. The lowest BCUT2D eigenvalue weighted by atomic mass is 9.99. The number of benzene rings is 9. The molecule has 10 aromatic rings. The van der Waals surface area contributed by atoms with Crippen molar-refractivity contribution in [1.82, 2.24) is 15.0 Å². The average Bonchev–Trinajstić information content (AvgIpc) is 3.59. The Balaban J connectivity index is 1.10. The van der Waals surface area contributed by atoms with Crippen LogP contribution in [0.25, 0.3) is 78.0 Å². The molecule has 9 aromatic carbocycles. The zero-order chi connectivity index (χ0) is 37.8. The highest BCUT2D eigenvalue weighted by Gasteiger charge is 2.50. The molecule has 0 saturated carbocycles. The summed E-state index contributed by atoms with van der Waals surface area (Å²) < 4.78 is 0. The quantitative estimate of drug-likeness (QED) is 0.159. The highest BCUT2D eigenvalue weighted by molar-refractivity contribution is 7.23. The minimum absolute atomic E-state index is 0.650. The average molecular weight is 742 g/mol. The van der Waals surface area contributed by atoms with Crippen molar-refractivity contribution < 1.29 is 0 Å². The van der Waals surface area contributed by atoms with Gasteiger partial charge in [-0.2, -0.15) is 0 Å². The first kappa shape index (κ1) is 33.1. The van der Waals surface area contributed by atoms with Crippen molar-refractivity contribution in [3.05, 3.63) is 212 Å². The van der Waals surface area contributed by atoms with Crippen LogP contribution in [0.1, 0.15) is 0 Å². The van der Waals surface area contributed by atoms with E-state index in [1.54, 1.807) is 0 Å². The van der Waals surface area contributed by atoms with E-state index in [0.29, 0.717) is 17.5 Å². The monoisotopic (exact) mass is 741 g/mol. The summed E-state index contributed by atoms with van der Waals surface area (Å²) in [5.74, 6) is 1.96. The van der Waals surface area contributed by atoms with Gasteiger partial charge in [0.15, 0.2) is 25.5 Å². The van der Waals surface area contributed by atoms with Crippen LogP contribution in [-0.4, -0.2) is 23.0 Å². The third-order valence-electron chi connectivity index (χ3n) is 11.6. The fourth-order valence-electron chi connectivity index (χ4n) is 9.04. The first-order valence-corrected chi connectivity index (χ1v) is 21.4. The van der Waals surface area contributed by atoms with Gasteiger partial charge in [-0.1, -0.05) is 212 Å². The topological polar surface area (TPSA) is 38.7 Å². The van der Waals surface area contributed by atoms with Crippen LogP contribution in [0.2, 0.25) is 0 Å². The van der Waals surface area contributed by atoms with Crippen LogP contribution < -0.4 is 20.7 Å². The van der Waals surface area contributed by atoms with E-state index in [9.17, 15) is 0 Å². The molecular formula is C53H35N3Si. The van der Waals surface area contributed by atoms with Gasteiger partial charge in [-0.05, 0) is 64.5 Å². The zero-order valence-corrected chi connectivity index (χ0v) is 32.0. The van der Waals surface area contributed by atoms with Gasteiger partial charge >= 0.3 is 0 Å². The van der Waals surface area contributed by atoms with E-state index >= 15 is 0 Å². The van der Waals surface area contributed by atoms with Crippen LogP contribution in [0.5, 0.6) is 0 Å². The maximum atomic E-state index is 4.99. The second kappa shape index (κ2) is 13.5. The summed E-state index contributed by atoms with van der Waals surface area (Å²) in [6.07, 6.45) is 0. The molecule has 0 bridgehead atoms. The van der Waals surface area contributed by atoms with E-state index in [-0.39, 0.29) is 0 Å². The molecule has 0 atom stereocenters. The van der Waals surface area contributed by atoms with Gasteiger partial charge in [0.05, 0.1) is 0 Å². The maximum Gasteiger partial charge on any atom is 0.182 e. The maximum absolute atomic E-state index is 4.99. The van der Waals surface area contributed by atoms with Crippen LogP contribution >= 0.6 is 0 Å². The fraction of sp³-hybridized carbons (Fsp3) is 0. The van der Waals surface area contributed by atoms with E-state index < -0.39 is 8.07 Å². The van der Waals surface area contributed by atoms with Gasteiger partial charge < -0.3 is 0 Å². The van der Waals surface area contributed by atoms with Gasteiger partial charge in [0.2, 0.25) is 0 Å².